The molecule has 3 rings (SSSR count). The van der Waals surface area contributed by atoms with Crippen LogP contribution in [-0.2, 0) is 14.2 Å². The largest absolute Gasteiger partial charge is 0.455 e. The summed E-state index contributed by atoms with van der Waals surface area (Å²) in [4.78, 5) is 12.2. The lowest BCUT2D eigenvalue weighted by Gasteiger charge is -2.33. The van der Waals surface area contributed by atoms with Gasteiger partial charge in [-0.2, -0.15) is 0 Å². The molecule has 1 aromatic rings. The van der Waals surface area contributed by atoms with E-state index in [1.165, 1.54) is 11.8 Å². The maximum absolute atomic E-state index is 12.2. The Morgan fingerprint density at radius 1 is 1.29 bits per heavy atom. The Morgan fingerprint density at radius 2 is 1.95 bits per heavy atom. The van der Waals surface area contributed by atoms with E-state index >= 15 is 0 Å². The van der Waals surface area contributed by atoms with Gasteiger partial charge in [0.25, 0.3) is 0 Å². The molecule has 2 aliphatic heterocycles. The zero-order valence-electron chi connectivity index (χ0n) is 11.9. The predicted molar refractivity (Wildman–Crippen MR) is 77.9 cm³/mol. The van der Waals surface area contributed by atoms with Crippen LogP contribution in [0.5, 0.6) is 0 Å². The Balaban J connectivity index is 1.72. The topological polar surface area (TPSA) is 65.0 Å². The molecule has 1 unspecified atom stereocenters. The Hall–Kier alpha value is -1.08. The number of ether oxygens (including phenoxy) is 3. The Labute approximate surface area is 127 Å². The van der Waals surface area contributed by atoms with Crippen molar-refractivity contribution in [3.05, 3.63) is 35.9 Å². The van der Waals surface area contributed by atoms with E-state index < -0.39 is 29.5 Å². The van der Waals surface area contributed by atoms with Gasteiger partial charge < -0.3 is 19.3 Å². The number of carbonyl (C=O) groups excluding carboxylic acids is 1. The van der Waals surface area contributed by atoms with E-state index in [0.29, 0.717) is 11.3 Å². The highest BCUT2D eigenvalue weighted by atomic mass is 32.2. The van der Waals surface area contributed by atoms with Crippen molar-refractivity contribution < 1.29 is 24.1 Å². The van der Waals surface area contributed by atoms with Crippen LogP contribution in [0, 0.1) is 0 Å². The molecule has 1 aromatic carbocycles. The SMILES string of the molecule is CC1(C)O[C@H]2[C@@H](OC(=O)c3ccccc3)CSC(O)[C@@H]2O1. The van der Waals surface area contributed by atoms with Gasteiger partial charge in [0.05, 0.1) is 5.56 Å². The minimum atomic E-state index is -0.779. The van der Waals surface area contributed by atoms with Gasteiger partial charge in [0, 0.05) is 5.75 Å². The van der Waals surface area contributed by atoms with Crippen LogP contribution < -0.4 is 0 Å². The smallest absolute Gasteiger partial charge is 0.338 e. The van der Waals surface area contributed by atoms with Crippen molar-refractivity contribution in [3.8, 4) is 0 Å². The molecule has 0 bridgehead atoms. The highest BCUT2D eigenvalue weighted by Gasteiger charge is 2.52. The molecule has 1 N–H and O–H groups in total. The number of esters is 1. The molecular weight excluding hydrogens is 292 g/mol. The molecule has 0 aromatic heterocycles. The fraction of sp³-hybridized carbons (Fsp3) is 0.533. The van der Waals surface area contributed by atoms with Crippen LogP contribution in [-0.4, -0.2) is 46.4 Å². The van der Waals surface area contributed by atoms with Crippen molar-refractivity contribution in [1.29, 1.82) is 0 Å². The maximum Gasteiger partial charge on any atom is 0.338 e. The second-order valence-corrected chi connectivity index (χ2v) is 6.75. The third-order valence-corrected chi connectivity index (χ3v) is 4.64. The summed E-state index contributed by atoms with van der Waals surface area (Å²) in [5.41, 5.74) is -0.160. The van der Waals surface area contributed by atoms with Gasteiger partial charge in [-0.25, -0.2) is 4.79 Å². The normalized spacial score (nSPS) is 34.2. The monoisotopic (exact) mass is 310 g/mol. The molecule has 5 nitrogen and oxygen atoms in total. The first-order valence-electron chi connectivity index (χ1n) is 6.88. The summed E-state index contributed by atoms with van der Waals surface area (Å²) in [5, 5.41) is 10.00. The quantitative estimate of drug-likeness (QED) is 0.840. The molecule has 0 saturated carbocycles. The minimum absolute atomic E-state index is 0.385. The lowest BCUT2D eigenvalue weighted by Crippen LogP contribution is -2.48. The number of fused-ring (bicyclic) bond motifs is 1. The lowest BCUT2D eigenvalue weighted by atomic mass is 10.1. The molecule has 2 heterocycles. The van der Waals surface area contributed by atoms with Crippen LogP contribution in [0.4, 0.5) is 0 Å². The van der Waals surface area contributed by atoms with Crippen LogP contribution >= 0.6 is 11.8 Å². The zero-order chi connectivity index (χ0) is 15.0. The minimum Gasteiger partial charge on any atom is -0.455 e. The summed E-state index contributed by atoms with van der Waals surface area (Å²) < 4.78 is 17.1. The number of hydrogen-bond acceptors (Lipinski definition) is 6. The predicted octanol–water partition coefficient (Wildman–Crippen LogP) is 1.80. The maximum atomic E-state index is 12.2. The molecule has 0 aliphatic carbocycles. The summed E-state index contributed by atoms with van der Waals surface area (Å²) in [6.07, 6.45) is -1.35. The van der Waals surface area contributed by atoms with E-state index in [4.69, 9.17) is 14.2 Å². The summed E-state index contributed by atoms with van der Waals surface area (Å²) >= 11 is 1.31. The van der Waals surface area contributed by atoms with Gasteiger partial charge in [-0.05, 0) is 26.0 Å². The van der Waals surface area contributed by atoms with Gasteiger partial charge in [-0.15, -0.1) is 11.8 Å². The standard InChI is InChI=1S/C15H18O5S/c1-15(2)19-11-10(8-21-14(17)12(11)20-15)18-13(16)9-6-4-3-5-7-9/h3-7,10-12,14,17H,8H2,1-2H3/t10-,11-,12+,14?/m0/s1. The Bertz CT molecular complexity index is 518. The first kappa shape index (κ1) is 14.8. The van der Waals surface area contributed by atoms with Crippen LogP contribution in [0.3, 0.4) is 0 Å². The second kappa shape index (κ2) is 5.61. The molecule has 0 amide bonds. The molecule has 2 saturated heterocycles. The number of aliphatic hydroxyl groups excluding tert-OH is 1. The van der Waals surface area contributed by atoms with Crippen LogP contribution in [0.25, 0.3) is 0 Å². The average molecular weight is 310 g/mol. The molecule has 6 heteroatoms. The van der Waals surface area contributed by atoms with Gasteiger partial charge in [0.15, 0.2) is 5.79 Å². The summed E-state index contributed by atoms with van der Waals surface area (Å²) in [5.74, 6) is -0.677. The Morgan fingerprint density at radius 3 is 2.67 bits per heavy atom. The zero-order valence-corrected chi connectivity index (χ0v) is 12.7. The first-order valence-corrected chi connectivity index (χ1v) is 7.92. The molecular formula is C15H18O5S. The summed E-state index contributed by atoms with van der Waals surface area (Å²) in [6.45, 7) is 3.58. The van der Waals surface area contributed by atoms with Crippen molar-refractivity contribution in [2.24, 2.45) is 0 Å². The summed E-state index contributed by atoms with van der Waals surface area (Å²) in [6, 6.07) is 8.84. The molecule has 2 aliphatic rings. The van der Waals surface area contributed by atoms with Crippen LogP contribution in [0.2, 0.25) is 0 Å². The van der Waals surface area contributed by atoms with Crippen molar-refractivity contribution in [2.45, 2.75) is 43.4 Å². The van der Waals surface area contributed by atoms with Crippen molar-refractivity contribution in [3.63, 3.8) is 0 Å². The number of aliphatic hydroxyl groups is 1. The van der Waals surface area contributed by atoms with Gasteiger partial charge in [-0.3, -0.25) is 0 Å². The van der Waals surface area contributed by atoms with Crippen LogP contribution in [0.1, 0.15) is 24.2 Å². The van der Waals surface area contributed by atoms with Crippen molar-refractivity contribution in [2.75, 3.05) is 5.75 Å². The molecule has 0 radical (unpaired) electrons. The van der Waals surface area contributed by atoms with E-state index in [0.717, 1.165) is 0 Å². The number of carbonyl (C=O) groups is 1. The number of benzene rings is 1. The summed E-state index contributed by atoms with van der Waals surface area (Å²) in [7, 11) is 0. The third-order valence-electron chi connectivity index (χ3n) is 3.51. The highest BCUT2D eigenvalue weighted by molar-refractivity contribution is 7.99. The average Bonchev–Trinajstić information content (AvgIpc) is 2.79. The Kier molecular flexibility index (Phi) is 3.96. The third kappa shape index (κ3) is 3.08. The molecule has 4 atom stereocenters. The van der Waals surface area contributed by atoms with Gasteiger partial charge in [-0.1, -0.05) is 18.2 Å². The van der Waals surface area contributed by atoms with E-state index in [9.17, 15) is 9.90 Å². The van der Waals surface area contributed by atoms with Gasteiger partial charge in [0.2, 0.25) is 0 Å². The van der Waals surface area contributed by atoms with E-state index in [1.54, 1.807) is 38.1 Å². The van der Waals surface area contributed by atoms with E-state index in [-0.39, 0.29) is 5.97 Å². The molecule has 114 valence electrons. The van der Waals surface area contributed by atoms with E-state index in [2.05, 4.69) is 0 Å². The fourth-order valence-electron chi connectivity index (χ4n) is 2.59. The fourth-order valence-corrected chi connectivity index (χ4v) is 3.63. The molecule has 0 spiro atoms. The number of thioether (sulfide) groups is 1. The van der Waals surface area contributed by atoms with E-state index in [1.807, 2.05) is 6.07 Å². The van der Waals surface area contributed by atoms with Gasteiger partial charge in [0.1, 0.15) is 23.7 Å². The number of hydrogen-bond donors (Lipinski definition) is 1. The van der Waals surface area contributed by atoms with Crippen molar-refractivity contribution >= 4 is 17.7 Å². The highest BCUT2D eigenvalue weighted by Crippen LogP contribution is 2.40. The lowest BCUT2D eigenvalue weighted by molar-refractivity contribution is -0.156. The molecule has 21 heavy (non-hydrogen) atoms. The van der Waals surface area contributed by atoms with Crippen LogP contribution in [0.15, 0.2) is 30.3 Å². The second-order valence-electron chi connectivity index (χ2n) is 5.60. The van der Waals surface area contributed by atoms with Crippen molar-refractivity contribution in [1.82, 2.24) is 0 Å². The first-order chi connectivity index (χ1) is 9.96. The molecule has 2 fully saturated rings. The van der Waals surface area contributed by atoms with Gasteiger partial charge >= 0.3 is 5.97 Å². The number of rotatable bonds is 2.